The lowest BCUT2D eigenvalue weighted by Crippen LogP contribution is -1.84. The minimum atomic E-state index is -0.207. The summed E-state index contributed by atoms with van der Waals surface area (Å²) in [4.78, 5) is 0. The molecule has 3 rings (SSSR count). The third kappa shape index (κ3) is 2.29. The van der Waals surface area contributed by atoms with E-state index in [1.165, 1.54) is 6.07 Å². The fourth-order valence-electron chi connectivity index (χ4n) is 2.20. The van der Waals surface area contributed by atoms with Gasteiger partial charge < -0.3 is 4.74 Å². The van der Waals surface area contributed by atoms with Crippen LogP contribution < -0.4 is 4.74 Å². The number of methoxy groups -OCH3 is 1. The molecule has 0 amide bonds. The van der Waals surface area contributed by atoms with E-state index in [1.54, 1.807) is 19.2 Å². The van der Waals surface area contributed by atoms with E-state index in [4.69, 9.17) is 4.74 Å². The molecule has 19 heavy (non-hydrogen) atoms. The van der Waals surface area contributed by atoms with Gasteiger partial charge in [0.05, 0.1) is 7.11 Å². The van der Waals surface area contributed by atoms with Crippen LogP contribution in [0, 0.1) is 5.82 Å². The molecule has 0 saturated heterocycles. The Labute approximate surface area is 111 Å². The first-order valence-corrected chi connectivity index (χ1v) is 6.10. The number of rotatable bonds is 2. The van der Waals surface area contributed by atoms with E-state index in [2.05, 4.69) is 6.07 Å². The standard InChI is InChI=1S/C17H13FO/c1-19-17-4-2-3-12(11-17)13-5-6-15-10-16(18)8-7-14(15)9-13/h2-11H,1H3. The van der Waals surface area contributed by atoms with Gasteiger partial charge in [0.1, 0.15) is 11.6 Å². The van der Waals surface area contributed by atoms with Crippen LogP contribution >= 0.6 is 0 Å². The molecule has 1 nitrogen and oxygen atoms in total. The number of hydrogen-bond acceptors (Lipinski definition) is 1. The van der Waals surface area contributed by atoms with Gasteiger partial charge in [-0.3, -0.25) is 0 Å². The van der Waals surface area contributed by atoms with E-state index < -0.39 is 0 Å². The monoisotopic (exact) mass is 252 g/mol. The van der Waals surface area contributed by atoms with E-state index in [-0.39, 0.29) is 5.82 Å². The molecule has 0 radical (unpaired) electrons. The van der Waals surface area contributed by atoms with Gasteiger partial charge in [-0.1, -0.05) is 30.3 Å². The largest absolute Gasteiger partial charge is 0.497 e. The first-order valence-electron chi connectivity index (χ1n) is 6.10. The number of benzene rings is 3. The van der Waals surface area contributed by atoms with E-state index in [9.17, 15) is 4.39 Å². The quantitative estimate of drug-likeness (QED) is 0.644. The van der Waals surface area contributed by atoms with Crippen LogP contribution in [0.15, 0.2) is 60.7 Å². The zero-order valence-corrected chi connectivity index (χ0v) is 10.6. The Hall–Kier alpha value is -2.35. The molecule has 3 aromatic carbocycles. The van der Waals surface area contributed by atoms with Crippen LogP contribution in [0.25, 0.3) is 21.9 Å². The molecule has 0 fully saturated rings. The lowest BCUT2D eigenvalue weighted by atomic mass is 10.0. The smallest absolute Gasteiger partial charge is 0.123 e. The molecule has 0 aliphatic rings. The molecule has 0 heterocycles. The van der Waals surface area contributed by atoms with Gasteiger partial charge in [0.2, 0.25) is 0 Å². The Morgan fingerprint density at radius 1 is 0.789 bits per heavy atom. The van der Waals surface area contributed by atoms with Crippen LogP contribution in [0.3, 0.4) is 0 Å². The summed E-state index contributed by atoms with van der Waals surface area (Å²) in [7, 11) is 1.66. The first kappa shape index (κ1) is 11.7. The third-order valence-electron chi connectivity index (χ3n) is 3.21. The second-order valence-electron chi connectivity index (χ2n) is 4.44. The second-order valence-corrected chi connectivity index (χ2v) is 4.44. The number of hydrogen-bond donors (Lipinski definition) is 0. The Kier molecular flexibility index (Phi) is 2.92. The fourth-order valence-corrected chi connectivity index (χ4v) is 2.20. The molecule has 0 N–H and O–H groups in total. The summed E-state index contributed by atoms with van der Waals surface area (Å²) in [5.41, 5.74) is 2.18. The molecule has 0 aliphatic heterocycles. The minimum absolute atomic E-state index is 0.207. The third-order valence-corrected chi connectivity index (χ3v) is 3.21. The predicted molar refractivity (Wildman–Crippen MR) is 75.9 cm³/mol. The van der Waals surface area contributed by atoms with Crippen molar-refractivity contribution in [1.29, 1.82) is 0 Å². The van der Waals surface area contributed by atoms with Gasteiger partial charge in [-0.2, -0.15) is 0 Å². The van der Waals surface area contributed by atoms with Crippen LogP contribution in [-0.4, -0.2) is 7.11 Å². The first-order chi connectivity index (χ1) is 9.26. The molecule has 0 atom stereocenters. The van der Waals surface area contributed by atoms with Crippen LogP contribution in [0.1, 0.15) is 0 Å². The summed E-state index contributed by atoms with van der Waals surface area (Å²) >= 11 is 0. The molecular formula is C17H13FO. The van der Waals surface area contributed by atoms with Gasteiger partial charge in [-0.15, -0.1) is 0 Å². The van der Waals surface area contributed by atoms with Gasteiger partial charge in [-0.25, -0.2) is 4.39 Å². The molecule has 0 aromatic heterocycles. The van der Waals surface area contributed by atoms with Gasteiger partial charge in [0.25, 0.3) is 0 Å². The van der Waals surface area contributed by atoms with Crippen molar-refractivity contribution in [3.63, 3.8) is 0 Å². The van der Waals surface area contributed by atoms with Crippen molar-refractivity contribution in [3.8, 4) is 16.9 Å². The highest BCUT2D eigenvalue weighted by Crippen LogP contribution is 2.27. The van der Waals surface area contributed by atoms with Crippen molar-refractivity contribution < 1.29 is 9.13 Å². The van der Waals surface area contributed by atoms with Crippen molar-refractivity contribution in [1.82, 2.24) is 0 Å². The number of fused-ring (bicyclic) bond motifs is 1. The SMILES string of the molecule is COc1cccc(-c2ccc3cc(F)ccc3c2)c1. The van der Waals surface area contributed by atoms with E-state index in [1.807, 2.05) is 36.4 Å². The van der Waals surface area contributed by atoms with Crippen molar-refractivity contribution in [2.24, 2.45) is 0 Å². The predicted octanol–water partition coefficient (Wildman–Crippen LogP) is 4.65. The average Bonchev–Trinajstić information content (AvgIpc) is 2.46. The lowest BCUT2D eigenvalue weighted by Gasteiger charge is -2.06. The lowest BCUT2D eigenvalue weighted by molar-refractivity contribution is 0.415. The van der Waals surface area contributed by atoms with Crippen LogP contribution in [0.4, 0.5) is 4.39 Å². The molecule has 0 spiro atoms. The highest BCUT2D eigenvalue weighted by molar-refractivity contribution is 5.87. The maximum Gasteiger partial charge on any atom is 0.123 e. The molecule has 0 bridgehead atoms. The highest BCUT2D eigenvalue weighted by Gasteiger charge is 2.02. The minimum Gasteiger partial charge on any atom is -0.497 e. The van der Waals surface area contributed by atoms with Gasteiger partial charge in [0, 0.05) is 0 Å². The molecule has 0 unspecified atom stereocenters. The van der Waals surface area contributed by atoms with E-state index >= 15 is 0 Å². The summed E-state index contributed by atoms with van der Waals surface area (Å²) in [6.07, 6.45) is 0. The van der Waals surface area contributed by atoms with Crippen molar-refractivity contribution in [2.45, 2.75) is 0 Å². The van der Waals surface area contributed by atoms with Crippen LogP contribution in [0.2, 0.25) is 0 Å². The number of halogens is 1. The van der Waals surface area contributed by atoms with Crippen molar-refractivity contribution in [2.75, 3.05) is 7.11 Å². The average molecular weight is 252 g/mol. The van der Waals surface area contributed by atoms with Crippen molar-refractivity contribution in [3.05, 3.63) is 66.5 Å². The molecule has 94 valence electrons. The molecular weight excluding hydrogens is 239 g/mol. The summed E-state index contributed by atoms with van der Waals surface area (Å²) in [6, 6.07) is 18.7. The van der Waals surface area contributed by atoms with Gasteiger partial charge in [0.15, 0.2) is 0 Å². The van der Waals surface area contributed by atoms with Crippen molar-refractivity contribution >= 4 is 10.8 Å². The summed E-state index contributed by atoms with van der Waals surface area (Å²) in [5, 5.41) is 1.94. The number of ether oxygens (including phenoxy) is 1. The molecule has 0 aliphatic carbocycles. The zero-order chi connectivity index (χ0) is 13.2. The molecule has 0 saturated carbocycles. The highest BCUT2D eigenvalue weighted by atomic mass is 19.1. The fraction of sp³-hybridized carbons (Fsp3) is 0.0588. The maximum absolute atomic E-state index is 13.1. The topological polar surface area (TPSA) is 9.23 Å². The Bertz CT molecular complexity index is 734. The van der Waals surface area contributed by atoms with Gasteiger partial charge in [-0.05, 0) is 52.2 Å². The molecule has 2 heteroatoms. The van der Waals surface area contributed by atoms with Gasteiger partial charge >= 0.3 is 0 Å². The van der Waals surface area contributed by atoms with Crippen LogP contribution in [0.5, 0.6) is 5.75 Å². The zero-order valence-electron chi connectivity index (χ0n) is 10.6. The molecule has 3 aromatic rings. The second kappa shape index (κ2) is 4.73. The maximum atomic E-state index is 13.1. The summed E-state index contributed by atoms with van der Waals surface area (Å²) in [6.45, 7) is 0. The summed E-state index contributed by atoms with van der Waals surface area (Å²) < 4.78 is 18.4. The Balaban J connectivity index is 2.12. The summed E-state index contributed by atoms with van der Waals surface area (Å²) in [5.74, 6) is 0.623. The van der Waals surface area contributed by atoms with E-state index in [0.29, 0.717) is 0 Å². The van der Waals surface area contributed by atoms with Crippen LogP contribution in [-0.2, 0) is 0 Å². The Morgan fingerprint density at radius 3 is 2.37 bits per heavy atom. The Morgan fingerprint density at radius 2 is 1.53 bits per heavy atom. The van der Waals surface area contributed by atoms with E-state index in [0.717, 1.165) is 27.6 Å². The normalized spacial score (nSPS) is 10.6.